The molecule has 0 spiro atoms. The Morgan fingerprint density at radius 3 is 2.64 bits per heavy atom. The van der Waals surface area contributed by atoms with Crippen LogP contribution in [0.1, 0.15) is 5.56 Å². The number of phenols is 1. The van der Waals surface area contributed by atoms with Crippen molar-refractivity contribution >= 4 is 34.7 Å². The van der Waals surface area contributed by atoms with Gasteiger partial charge < -0.3 is 10.4 Å². The predicted octanol–water partition coefficient (Wildman–Crippen LogP) is 2.33. The minimum atomic E-state index is -0.526. The number of imide groups is 1. The van der Waals surface area contributed by atoms with Crippen molar-refractivity contribution in [1.82, 2.24) is 5.32 Å². The van der Waals surface area contributed by atoms with E-state index in [4.69, 9.17) is 11.6 Å². The second-order valence-electron chi connectivity index (χ2n) is 4.60. The van der Waals surface area contributed by atoms with Crippen LogP contribution in [0.25, 0.3) is 5.57 Å². The van der Waals surface area contributed by atoms with E-state index >= 15 is 0 Å². The summed E-state index contributed by atoms with van der Waals surface area (Å²) in [7, 11) is 0. The lowest BCUT2D eigenvalue weighted by molar-refractivity contribution is -0.123. The molecule has 0 unspecified atom stereocenters. The molecule has 0 aliphatic carbocycles. The number of rotatable bonds is 3. The summed E-state index contributed by atoms with van der Waals surface area (Å²) in [6, 6.07) is 14.2. The van der Waals surface area contributed by atoms with Gasteiger partial charge in [0.1, 0.15) is 11.4 Å². The van der Waals surface area contributed by atoms with Gasteiger partial charge in [-0.15, -0.1) is 0 Å². The molecule has 1 aliphatic heterocycles. The summed E-state index contributed by atoms with van der Waals surface area (Å²) in [4.78, 5) is 24.0. The number of anilines is 1. The fourth-order valence-electron chi connectivity index (χ4n) is 2.11. The molecule has 1 heterocycles. The van der Waals surface area contributed by atoms with Crippen molar-refractivity contribution in [1.29, 1.82) is 0 Å². The van der Waals surface area contributed by atoms with Crippen LogP contribution in [0.2, 0.25) is 5.02 Å². The Labute approximate surface area is 131 Å². The zero-order valence-electron chi connectivity index (χ0n) is 11.2. The van der Waals surface area contributed by atoms with E-state index < -0.39 is 11.8 Å². The number of carbonyl (C=O) groups excluding carboxylic acids is 2. The zero-order chi connectivity index (χ0) is 15.7. The summed E-state index contributed by atoms with van der Waals surface area (Å²) in [6.45, 7) is 0. The van der Waals surface area contributed by atoms with Crippen molar-refractivity contribution in [3.05, 3.63) is 64.8 Å². The van der Waals surface area contributed by atoms with Gasteiger partial charge in [-0.25, -0.2) is 0 Å². The zero-order valence-corrected chi connectivity index (χ0v) is 11.9. The molecule has 109 valence electrons. The Morgan fingerprint density at radius 2 is 1.95 bits per heavy atom. The van der Waals surface area contributed by atoms with Gasteiger partial charge in [-0.2, -0.15) is 0 Å². The number of benzene rings is 2. The summed E-state index contributed by atoms with van der Waals surface area (Å²) in [5.41, 5.74) is 1.33. The molecule has 3 rings (SSSR count). The summed E-state index contributed by atoms with van der Waals surface area (Å²) in [5.74, 6) is -1.08. The number of aromatic hydroxyl groups is 1. The third kappa shape index (κ3) is 2.54. The largest absolute Gasteiger partial charge is 0.506 e. The molecule has 2 aromatic rings. The number of amides is 2. The quantitative estimate of drug-likeness (QED) is 0.600. The normalized spacial score (nSPS) is 14.2. The summed E-state index contributed by atoms with van der Waals surface area (Å²) < 4.78 is 0. The third-order valence-electron chi connectivity index (χ3n) is 3.13. The number of hydrogen-bond donors (Lipinski definition) is 3. The number of phenolic OH excluding ortho intramolecular Hbond substituents is 1. The highest BCUT2D eigenvalue weighted by atomic mass is 35.5. The SMILES string of the molecule is O=C1NC(=O)C(c2[c]cccc2)=C1Nc1ccc(O)c(Cl)c1. The Kier molecular flexibility index (Phi) is 3.56. The molecule has 0 saturated carbocycles. The molecule has 0 saturated heterocycles. The van der Waals surface area contributed by atoms with Crippen LogP contribution in [0, 0.1) is 6.07 Å². The fraction of sp³-hybridized carbons (Fsp3) is 0. The molecule has 2 aromatic carbocycles. The maximum Gasteiger partial charge on any atom is 0.275 e. The highest BCUT2D eigenvalue weighted by Gasteiger charge is 2.31. The Morgan fingerprint density at radius 1 is 1.14 bits per heavy atom. The van der Waals surface area contributed by atoms with Crippen LogP contribution in [0.15, 0.2) is 48.2 Å². The number of carbonyl (C=O) groups is 2. The van der Waals surface area contributed by atoms with Gasteiger partial charge in [-0.1, -0.05) is 35.9 Å². The first kappa shape index (κ1) is 14.2. The van der Waals surface area contributed by atoms with Crippen molar-refractivity contribution in [3.63, 3.8) is 0 Å². The van der Waals surface area contributed by atoms with Crippen molar-refractivity contribution in [2.24, 2.45) is 0 Å². The van der Waals surface area contributed by atoms with E-state index in [2.05, 4.69) is 16.7 Å². The van der Waals surface area contributed by atoms with Crippen molar-refractivity contribution in [2.45, 2.75) is 0 Å². The van der Waals surface area contributed by atoms with Gasteiger partial charge in [0.2, 0.25) is 0 Å². The van der Waals surface area contributed by atoms with E-state index in [9.17, 15) is 14.7 Å². The molecule has 0 aromatic heterocycles. The van der Waals surface area contributed by atoms with Crippen LogP contribution >= 0.6 is 11.6 Å². The van der Waals surface area contributed by atoms with E-state index in [-0.39, 0.29) is 22.0 Å². The van der Waals surface area contributed by atoms with Crippen LogP contribution < -0.4 is 10.6 Å². The molecular weight excluding hydrogens is 304 g/mol. The maximum absolute atomic E-state index is 12.0. The molecule has 1 radical (unpaired) electrons. The average molecular weight is 314 g/mol. The minimum Gasteiger partial charge on any atom is -0.506 e. The summed E-state index contributed by atoms with van der Waals surface area (Å²) >= 11 is 5.84. The molecule has 6 heteroatoms. The van der Waals surface area contributed by atoms with Gasteiger partial charge in [0.25, 0.3) is 11.8 Å². The topological polar surface area (TPSA) is 78.4 Å². The smallest absolute Gasteiger partial charge is 0.275 e. The van der Waals surface area contributed by atoms with E-state index in [0.717, 1.165) is 0 Å². The van der Waals surface area contributed by atoms with Crippen LogP contribution in [0.5, 0.6) is 5.75 Å². The van der Waals surface area contributed by atoms with E-state index in [0.29, 0.717) is 11.3 Å². The molecule has 22 heavy (non-hydrogen) atoms. The highest BCUT2D eigenvalue weighted by Crippen LogP contribution is 2.29. The molecule has 2 amide bonds. The third-order valence-corrected chi connectivity index (χ3v) is 3.43. The van der Waals surface area contributed by atoms with Crippen LogP contribution in [-0.2, 0) is 9.59 Å². The van der Waals surface area contributed by atoms with Gasteiger partial charge in [0.15, 0.2) is 0 Å². The first-order valence-corrected chi connectivity index (χ1v) is 6.76. The first-order chi connectivity index (χ1) is 10.6. The lowest BCUT2D eigenvalue weighted by Gasteiger charge is -2.08. The maximum atomic E-state index is 12.0. The van der Waals surface area contributed by atoms with Gasteiger partial charge in [-0.05, 0) is 29.8 Å². The second-order valence-corrected chi connectivity index (χ2v) is 5.01. The second kappa shape index (κ2) is 5.54. The Hall–Kier alpha value is -2.79. The predicted molar refractivity (Wildman–Crippen MR) is 82.1 cm³/mol. The van der Waals surface area contributed by atoms with Gasteiger partial charge in [-0.3, -0.25) is 14.9 Å². The van der Waals surface area contributed by atoms with Crippen molar-refractivity contribution in [3.8, 4) is 5.75 Å². The molecule has 0 atom stereocenters. The van der Waals surface area contributed by atoms with Gasteiger partial charge >= 0.3 is 0 Å². The van der Waals surface area contributed by atoms with E-state index in [1.165, 1.54) is 12.1 Å². The lowest BCUT2D eigenvalue weighted by atomic mass is 10.0. The highest BCUT2D eigenvalue weighted by molar-refractivity contribution is 6.36. The molecule has 1 aliphatic rings. The first-order valence-electron chi connectivity index (χ1n) is 6.39. The molecule has 5 nitrogen and oxygen atoms in total. The lowest BCUT2D eigenvalue weighted by Crippen LogP contribution is -2.24. The standard InChI is InChI=1S/C16H10ClN2O3/c17-11-8-10(6-7-12(11)20)18-14-13(15(21)19-16(14)22)9-4-2-1-3-5-9/h1-4,6-8,20H,(H2,18,19,21,22). The summed E-state index contributed by atoms with van der Waals surface area (Å²) in [6.07, 6.45) is 0. The fourth-order valence-corrected chi connectivity index (χ4v) is 2.29. The number of halogens is 1. The Bertz CT molecular complexity index is 800. The van der Waals surface area contributed by atoms with E-state index in [1.54, 1.807) is 30.3 Å². The molecular formula is C16H10ClN2O3. The number of hydrogen-bond acceptors (Lipinski definition) is 4. The molecule has 0 fully saturated rings. The Balaban J connectivity index is 2.04. The van der Waals surface area contributed by atoms with Gasteiger partial charge in [0, 0.05) is 5.69 Å². The average Bonchev–Trinajstić information content (AvgIpc) is 2.78. The summed E-state index contributed by atoms with van der Waals surface area (Å²) in [5, 5.41) is 14.7. The minimum absolute atomic E-state index is 0.0650. The van der Waals surface area contributed by atoms with Crippen LogP contribution in [-0.4, -0.2) is 16.9 Å². The molecule has 0 bridgehead atoms. The van der Waals surface area contributed by atoms with E-state index in [1.807, 2.05) is 0 Å². The van der Waals surface area contributed by atoms with Crippen LogP contribution in [0.4, 0.5) is 5.69 Å². The van der Waals surface area contributed by atoms with Crippen molar-refractivity contribution < 1.29 is 14.7 Å². The molecule has 3 N–H and O–H groups in total. The van der Waals surface area contributed by atoms with Gasteiger partial charge in [0.05, 0.1) is 10.6 Å². The number of nitrogens with one attached hydrogen (secondary N) is 2. The monoisotopic (exact) mass is 313 g/mol. The van der Waals surface area contributed by atoms with Crippen LogP contribution in [0.3, 0.4) is 0 Å². The van der Waals surface area contributed by atoms with Crippen molar-refractivity contribution in [2.75, 3.05) is 5.32 Å².